The van der Waals surface area contributed by atoms with Crippen molar-refractivity contribution in [3.63, 3.8) is 0 Å². The van der Waals surface area contributed by atoms with Crippen molar-refractivity contribution in [1.29, 1.82) is 0 Å². The van der Waals surface area contributed by atoms with E-state index in [-0.39, 0.29) is 6.61 Å². The quantitative estimate of drug-likeness (QED) is 0.770. The molecular formula is C14H22N2O6. The molecule has 0 aromatic carbocycles. The number of H-pyrrole nitrogens is 1. The van der Waals surface area contributed by atoms with Gasteiger partial charge in [-0.3, -0.25) is 14.3 Å². The molecule has 0 saturated carbocycles. The molecule has 1 aliphatic rings. The largest absolute Gasteiger partial charge is 0.387 e. The second kappa shape index (κ2) is 5.31. The first kappa shape index (κ1) is 16.9. The number of aliphatic hydroxyl groups is 1. The minimum Gasteiger partial charge on any atom is -0.387 e. The lowest BCUT2D eigenvalue weighted by Crippen LogP contribution is -2.58. The molecule has 1 fully saturated rings. The van der Waals surface area contributed by atoms with E-state index in [2.05, 4.69) is 4.98 Å². The van der Waals surface area contributed by atoms with Crippen LogP contribution in [0.2, 0.25) is 0 Å². The predicted octanol–water partition coefficient (Wildman–Crippen LogP) is -0.589. The maximum Gasteiger partial charge on any atom is 0.330 e. The van der Waals surface area contributed by atoms with Gasteiger partial charge in [0.05, 0.1) is 6.61 Å². The van der Waals surface area contributed by atoms with Crippen LogP contribution in [0.5, 0.6) is 0 Å². The fraction of sp³-hybridized carbons (Fsp3) is 0.714. The summed E-state index contributed by atoms with van der Waals surface area (Å²) in [6, 6.07) is 1.21. The van der Waals surface area contributed by atoms with Crippen LogP contribution in [0.25, 0.3) is 0 Å². The second-order valence-corrected chi connectivity index (χ2v) is 6.02. The summed E-state index contributed by atoms with van der Waals surface area (Å²) in [6.45, 7) is 5.07. The molecule has 2 N–H and O–H groups in total. The maximum absolute atomic E-state index is 12.2. The summed E-state index contributed by atoms with van der Waals surface area (Å²) in [5, 5.41) is 10.7. The molecule has 8 heteroatoms. The van der Waals surface area contributed by atoms with Crippen molar-refractivity contribution in [3.05, 3.63) is 33.1 Å². The highest BCUT2D eigenvalue weighted by molar-refractivity contribution is 5.13. The van der Waals surface area contributed by atoms with E-state index >= 15 is 0 Å². The van der Waals surface area contributed by atoms with E-state index in [4.69, 9.17) is 14.2 Å². The Hall–Kier alpha value is -1.48. The molecule has 2 heterocycles. The molecule has 4 atom stereocenters. The first-order valence-corrected chi connectivity index (χ1v) is 6.89. The normalized spacial score (nSPS) is 38.4. The number of hydrogen-bond donors (Lipinski definition) is 2. The van der Waals surface area contributed by atoms with Gasteiger partial charge in [0.15, 0.2) is 5.72 Å². The van der Waals surface area contributed by atoms with Crippen LogP contribution in [0.3, 0.4) is 0 Å². The predicted molar refractivity (Wildman–Crippen MR) is 77.8 cm³/mol. The summed E-state index contributed by atoms with van der Waals surface area (Å²) in [5.74, 6) is 0. The molecule has 8 nitrogen and oxygen atoms in total. The highest BCUT2D eigenvalue weighted by atomic mass is 16.6. The Bertz CT molecular complexity index is 670. The average molecular weight is 314 g/mol. The van der Waals surface area contributed by atoms with Gasteiger partial charge >= 0.3 is 5.69 Å². The van der Waals surface area contributed by atoms with Gasteiger partial charge < -0.3 is 19.3 Å². The Morgan fingerprint density at radius 2 is 2.00 bits per heavy atom. The fourth-order valence-electron chi connectivity index (χ4n) is 3.19. The Kier molecular flexibility index (Phi) is 4.07. The molecule has 1 aromatic rings. The SMILES string of the molecule is COC[C@@]1(C)O[C@@](C)(n2ccc(=O)[nH]c2=O)C(C)(OC)[C@H]1O. The molecule has 0 aliphatic carbocycles. The van der Waals surface area contributed by atoms with Crippen LogP contribution >= 0.6 is 0 Å². The molecule has 1 saturated heterocycles. The van der Waals surface area contributed by atoms with Gasteiger partial charge in [-0.25, -0.2) is 4.79 Å². The maximum atomic E-state index is 12.2. The van der Waals surface area contributed by atoms with E-state index in [1.54, 1.807) is 20.8 Å². The van der Waals surface area contributed by atoms with Gasteiger partial charge in [0.25, 0.3) is 5.56 Å². The van der Waals surface area contributed by atoms with Crippen LogP contribution in [0, 0.1) is 0 Å². The van der Waals surface area contributed by atoms with E-state index in [0.29, 0.717) is 0 Å². The van der Waals surface area contributed by atoms with Gasteiger partial charge in [0.1, 0.15) is 17.3 Å². The van der Waals surface area contributed by atoms with Gasteiger partial charge in [-0.2, -0.15) is 0 Å². The lowest BCUT2D eigenvalue weighted by atomic mass is 9.84. The van der Waals surface area contributed by atoms with Crippen molar-refractivity contribution >= 4 is 0 Å². The molecule has 1 unspecified atom stereocenters. The van der Waals surface area contributed by atoms with Crippen molar-refractivity contribution in [1.82, 2.24) is 9.55 Å². The Morgan fingerprint density at radius 1 is 1.36 bits per heavy atom. The van der Waals surface area contributed by atoms with Crippen LogP contribution in [-0.4, -0.2) is 52.8 Å². The smallest absolute Gasteiger partial charge is 0.330 e. The molecule has 0 bridgehead atoms. The highest BCUT2D eigenvalue weighted by Crippen LogP contribution is 2.49. The minimum atomic E-state index is -1.34. The van der Waals surface area contributed by atoms with Gasteiger partial charge in [0, 0.05) is 26.5 Å². The number of rotatable bonds is 4. The third-order valence-electron chi connectivity index (χ3n) is 4.59. The summed E-state index contributed by atoms with van der Waals surface area (Å²) in [5.41, 5.74) is -4.81. The van der Waals surface area contributed by atoms with Crippen LogP contribution in [-0.2, 0) is 19.9 Å². The van der Waals surface area contributed by atoms with Crippen molar-refractivity contribution in [3.8, 4) is 0 Å². The Balaban J connectivity index is 2.65. The fourth-order valence-corrected chi connectivity index (χ4v) is 3.19. The Morgan fingerprint density at radius 3 is 2.50 bits per heavy atom. The van der Waals surface area contributed by atoms with Crippen molar-refractivity contribution in [2.75, 3.05) is 20.8 Å². The molecule has 124 valence electrons. The Labute approximate surface area is 127 Å². The number of nitrogens with one attached hydrogen (secondary N) is 1. The van der Waals surface area contributed by atoms with Gasteiger partial charge in [-0.1, -0.05) is 0 Å². The van der Waals surface area contributed by atoms with Gasteiger partial charge in [0.2, 0.25) is 0 Å². The van der Waals surface area contributed by atoms with E-state index in [0.717, 1.165) is 0 Å². The number of aromatic amines is 1. The van der Waals surface area contributed by atoms with Crippen molar-refractivity contribution < 1.29 is 19.3 Å². The highest BCUT2D eigenvalue weighted by Gasteiger charge is 2.67. The number of aliphatic hydroxyl groups excluding tert-OH is 1. The molecule has 0 spiro atoms. The number of methoxy groups -OCH3 is 2. The average Bonchev–Trinajstić information content (AvgIpc) is 2.59. The lowest BCUT2D eigenvalue weighted by molar-refractivity contribution is -0.206. The summed E-state index contributed by atoms with van der Waals surface area (Å²) < 4.78 is 17.9. The third kappa shape index (κ3) is 2.14. The van der Waals surface area contributed by atoms with Crippen molar-refractivity contribution in [2.45, 2.75) is 43.8 Å². The van der Waals surface area contributed by atoms with E-state index in [9.17, 15) is 14.7 Å². The lowest BCUT2D eigenvalue weighted by Gasteiger charge is -2.40. The van der Waals surface area contributed by atoms with Gasteiger partial charge in [-0.05, 0) is 20.8 Å². The summed E-state index contributed by atoms with van der Waals surface area (Å²) in [4.78, 5) is 25.6. The van der Waals surface area contributed by atoms with E-state index in [1.165, 1.54) is 31.0 Å². The number of aromatic nitrogens is 2. The molecular weight excluding hydrogens is 292 g/mol. The molecule has 22 heavy (non-hydrogen) atoms. The summed E-state index contributed by atoms with van der Waals surface area (Å²) in [6.07, 6.45) is 0.262. The number of hydrogen-bond acceptors (Lipinski definition) is 6. The zero-order valence-electron chi connectivity index (χ0n) is 13.4. The van der Waals surface area contributed by atoms with Gasteiger partial charge in [-0.15, -0.1) is 0 Å². The van der Waals surface area contributed by atoms with E-state index < -0.39 is 34.3 Å². The molecule has 1 aromatic heterocycles. The van der Waals surface area contributed by atoms with Crippen LogP contribution in [0.1, 0.15) is 20.8 Å². The number of nitrogens with zero attached hydrogens (tertiary/aromatic N) is 1. The molecule has 0 radical (unpaired) electrons. The summed E-state index contributed by atoms with van der Waals surface area (Å²) in [7, 11) is 2.92. The molecule has 1 aliphatic heterocycles. The van der Waals surface area contributed by atoms with Crippen molar-refractivity contribution in [2.24, 2.45) is 0 Å². The van der Waals surface area contributed by atoms with Crippen LogP contribution in [0.15, 0.2) is 21.9 Å². The topological polar surface area (TPSA) is 103 Å². The molecule has 0 amide bonds. The minimum absolute atomic E-state index is 0.112. The number of ether oxygens (including phenoxy) is 3. The first-order valence-electron chi connectivity index (χ1n) is 6.89. The van der Waals surface area contributed by atoms with Crippen LogP contribution < -0.4 is 11.2 Å². The monoisotopic (exact) mass is 314 g/mol. The summed E-state index contributed by atoms with van der Waals surface area (Å²) >= 11 is 0. The zero-order chi connectivity index (χ0) is 16.8. The standard InChI is InChI=1S/C14H22N2O6/c1-12(8-20-4)10(18)13(2,21-5)14(3,22-12)16-7-6-9(17)15-11(16)19/h6-7,10,18H,8H2,1-5H3,(H,15,17,19)/t10-,12+,13?,14+/m0/s1. The molecule has 2 rings (SSSR count). The third-order valence-corrected chi connectivity index (χ3v) is 4.59. The first-order chi connectivity index (χ1) is 10.1. The zero-order valence-corrected chi connectivity index (χ0v) is 13.4. The second-order valence-electron chi connectivity index (χ2n) is 6.02. The van der Waals surface area contributed by atoms with E-state index in [1.807, 2.05) is 0 Å². The van der Waals surface area contributed by atoms with Crippen LogP contribution in [0.4, 0.5) is 0 Å².